The van der Waals surface area contributed by atoms with Crippen molar-refractivity contribution in [3.05, 3.63) is 0 Å². The molecule has 0 unspecified atom stereocenters. The average molecular weight is 204 g/mol. The van der Waals surface area contributed by atoms with Gasteiger partial charge in [-0.3, -0.25) is 4.21 Å². The molecule has 0 aromatic carbocycles. The summed E-state index contributed by atoms with van der Waals surface area (Å²) >= 11 is 0. The van der Waals surface area contributed by atoms with Gasteiger partial charge in [-0.2, -0.15) is 0 Å². The molecule has 1 aliphatic rings. The zero-order chi connectivity index (χ0) is 10.1. The molecule has 1 aliphatic heterocycles. The molecule has 1 saturated heterocycles. The van der Waals surface area contributed by atoms with E-state index in [1.807, 2.05) is 20.8 Å². The van der Waals surface area contributed by atoms with Crippen LogP contribution in [0.5, 0.6) is 0 Å². The molecule has 0 bridgehead atoms. The molecule has 0 aromatic rings. The lowest BCUT2D eigenvalue weighted by molar-refractivity contribution is 0.381. The first-order valence-electron chi connectivity index (χ1n) is 5.03. The van der Waals surface area contributed by atoms with Crippen LogP contribution in [-0.2, 0) is 15.5 Å². The molecule has 0 radical (unpaired) electrons. The lowest BCUT2D eigenvalue weighted by Crippen LogP contribution is -2.26. The monoisotopic (exact) mass is 204 g/mol. The first kappa shape index (κ1) is 11.2. The second-order valence-electron chi connectivity index (χ2n) is 4.59. The van der Waals surface area contributed by atoms with E-state index >= 15 is 0 Å². The van der Waals surface area contributed by atoms with Crippen LogP contribution in [0.3, 0.4) is 0 Å². The predicted molar refractivity (Wildman–Crippen MR) is 56.1 cm³/mol. The second-order valence-corrected chi connectivity index (χ2v) is 6.88. The van der Waals surface area contributed by atoms with Crippen LogP contribution in [0.15, 0.2) is 0 Å². The van der Waals surface area contributed by atoms with E-state index < -0.39 is 10.8 Å². The quantitative estimate of drug-likeness (QED) is 0.658. The van der Waals surface area contributed by atoms with Gasteiger partial charge in [0.1, 0.15) is 0 Å². The number of hydrogen-bond acceptors (Lipinski definition) is 2. The van der Waals surface area contributed by atoms with Gasteiger partial charge in [-0.1, -0.05) is 19.8 Å². The van der Waals surface area contributed by atoms with E-state index in [1.165, 1.54) is 12.8 Å². The van der Waals surface area contributed by atoms with E-state index in [1.54, 1.807) is 0 Å². The fraction of sp³-hybridized carbons (Fsp3) is 1.00. The van der Waals surface area contributed by atoms with Crippen molar-refractivity contribution in [2.45, 2.75) is 63.2 Å². The summed E-state index contributed by atoms with van der Waals surface area (Å²) in [4.78, 5) is 0. The van der Waals surface area contributed by atoms with Crippen LogP contribution in [-0.4, -0.2) is 20.5 Å². The van der Waals surface area contributed by atoms with Crippen LogP contribution < -0.4 is 0 Å². The Kier molecular flexibility index (Phi) is 3.52. The highest BCUT2D eigenvalue weighted by molar-refractivity contribution is 7.87. The van der Waals surface area contributed by atoms with Gasteiger partial charge >= 0.3 is 0 Å². The highest BCUT2D eigenvalue weighted by atomic mass is 32.2. The van der Waals surface area contributed by atoms with E-state index in [-0.39, 0.29) is 16.3 Å². The molecular weight excluding hydrogens is 184 g/mol. The first-order chi connectivity index (χ1) is 5.96. The van der Waals surface area contributed by atoms with Crippen LogP contribution in [0, 0.1) is 0 Å². The largest absolute Gasteiger partial charge is 0.355 e. The Balaban J connectivity index is 2.30. The van der Waals surface area contributed by atoms with Crippen LogP contribution in [0.4, 0.5) is 0 Å². The highest BCUT2D eigenvalue weighted by Gasteiger charge is 2.46. The second kappa shape index (κ2) is 4.09. The molecule has 0 spiro atoms. The Hall–Kier alpha value is 0.110. The molecule has 0 amide bonds. The summed E-state index contributed by atoms with van der Waals surface area (Å²) < 4.78 is 17.1. The third-order valence-electron chi connectivity index (χ3n) is 2.19. The maximum absolute atomic E-state index is 11.8. The summed E-state index contributed by atoms with van der Waals surface area (Å²) in [6.07, 6.45) is 3.72. The minimum absolute atomic E-state index is 0.0200. The van der Waals surface area contributed by atoms with E-state index in [9.17, 15) is 4.21 Å². The highest BCUT2D eigenvalue weighted by Crippen LogP contribution is 2.34. The SMILES string of the molecule is CCCC[C@@H]1O[C@@H]1[S@@](=O)C(C)(C)C. The molecule has 0 N–H and O–H groups in total. The number of ether oxygens (including phenoxy) is 1. The van der Waals surface area contributed by atoms with Crippen molar-refractivity contribution in [2.24, 2.45) is 0 Å². The van der Waals surface area contributed by atoms with Gasteiger partial charge in [-0.15, -0.1) is 0 Å². The Morgan fingerprint density at radius 3 is 2.46 bits per heavy atom. The number of rotatable bonds is 4. The summed E-state index contributed by atoms with van der Waals surface area (Å²) in [6, 6.07) is 0. The van der Waals surface area contributed by atoms with Crippen molar-refractivity contribution in [1.29, 1.82) is 0 Å². The normalized spacial score (nSPS) is 30.2. The van der Waals surface area contributed by atoms with E-state index in [2.05, 4.69) is 6.92 Å². The minimum atomic E-state index is -0.834. The number of hydrogen-bond donors (Lipinski definition) is 0. The molecular formula is C10H20O2S. The van der Waals surface area contributed by atoms with Crippen LogP contribution in [0.25, 0.3) is 0 Å². The van der Waals surface area contributed by atoms with Crippen molar-refractivity contribution in [3.63, 3.8) is 0 Å². The predicted octanol–water partition coefficient (Wildman–Crippen LogP) is 2.45. The minimum Gasteiger partial charge on any atom is -0.355 e. The molecule has 78 valence electrons. The van der Waals surface area contributed by atoms with Crippen molar-refractivity contribution in [2.75, 3.05) is 0 Å². The third-order valence-corrected chi connectivity index (χ3v) is 4.24. The maximum atomic E-state index is 11.8. The summed E-state index contributed by atoms with van der Waals surface area (Å²) in [6.45, 7) is 8.17. The molecule has 0 saturated carbocycles. The zero-order valence-corrected chi connectivity index (χ0v) is 9.82. The van der Waals surface area contributed by atoms with E-state index in [0.717, 1.165) is 6.42 Å². The van der Waals surface area contributed by atoms with Crippen molar-refractivity contribution in [1.82, 2.24) is 0 Å². The van der Waals surface area contributed by atoms with Gasteiger partial charge in [-0.25, -0.2) is 0 Å². The van der Waals surface area contributed by atoms with Crippen LogP contribution >= 0.6 is 0 Å². The van der Waals surface area contributed by atoms with E-state index in [4.69, 9.17) is 4.74 Å². The lowest BCUT2D eigenvalue weighted by Gasteiger charge is -2.15. The topological polar surface area (TPSA) is 29.6 Å². The molecule has 1 fully saturated rings. The van der Waals surface area contributed by atoms with Gasteiger partial charge in [-0.05, 0) is 27.2 Å². The first-order valence-corrected chi connectivity index (χ1v) is 6.24. The third kappa shape index (κ3) is 3.06. The van der Waals surface area contributed by atoms with Gasteiger partial charge in [0.25, 0.3) is 0 Å². The summed E-state index contributed by atoms with van der Waals surface area (Å²) in [7, 11) is -0.834. The zero-order valence-electron chi connectivity index (χ0n) is 9.00. The number of unbranched alkanes of at least 4 members (excludes halogenated alkanes) is 1. The van der Waals surface area contributed by atoms with Crippen molar-refractivity contribution < 1.29 is 8.95 Å². The molecule has 1 rings (SSSR count). The molecule has 1 heterocycles. The van der Waals surface area contributed by atoms with Gasteiger partial charge < -0.3 is 4.74 Å². The van der Waals surface area contributed by atoms with Crippen molar-refractivity contribution in [3.8, 4) is 0 Å². The molecule has 3 atom stereocenters. The summed E-state index contributed by atoms with van der Waals surface area (Å²) in [5, 5.41) is 0. The fourth-order valence-electron chi connectivity index (χ4n) is 1.27. The van der Waals surface area contributed by atoms with Gasteiger partial charge in [0, 0.05) is 4.75 Å². The Labute approximate surface area is 83.5 Å². The van der Waals surface area contributed by atoms with Gasteiger partial charge in [0.15, 0.2) is 5.44 Å². The Morgan fingerprint density at radius 1 is 1.38 bits per heavy atom. The lowest BCUT2D eigenvalue weighted by atomic mass is 10.2. The van der Waals surface area contributed by atoms with Crippen molar-refractivity contribution >= 4 is 10.8 Å². The van der Waals surface area contributed by atoms with Crippen LogP contribution in [0.1, 0.15) is 47.0 Å². The maximum Gasteiger partial charge on any atom is 0.159 e. The van der Waals surface area contributed by atoms with Gasteiger partial charge in [0.2, 0.25) is 0 Å². The van der Waals surface area contributed by atoms with Crippen LogP contribution in [0.2, 0.25) is 0 Å². The molecule has 2 nitrogen and oxygen atoms in total. The standard InChI is InChI=1S/C10H20O2S/c1-5-6-7-8-9(12-8)13(11)10(2,3)4/h8-9H,5-7H2,1-4H3/t8-,9+,13+/m0/s1. The molecule has 13 heavy (non-hydrogen) atoms. The Morgan fingerprint density at radius 2 is 2.00 bits per heavy atom. The number of epoxide rings is 1. The van der Waals surface area contributed by atoms with Gasteiger partial charge in [0.05, 0.1) is 16.9 Å². The molecule has 3 heteroatoms. The molecule has 0 aromatic heterocycles. The smallest absolute Gasteiger partial charge is 0.159 e. The Bertz CT molecular complexity index is 196. The average Bonchev–Trinajstić information content (AvgIpc) is 2.76. The van der Waals surface area contributed by atoms with E-state index in [0.29, 0.717) is 0 Å². The summed E-state index contributed by atoms with van der Waals surface area (Å²) in [5.74, 6) is 0. The summed E-state index contributed by atoms with van der Waals surface area (Å²) in [5.41, 5.74) is 0.0200. The molecule has 0 aliphatic carbocycles. The fourth-order valence-corrected chi connectivity index (χ4v) is 2.63.